The number of methoxy groups -OCH3 is 1. The monoisotopic (exact) mass is 230 g/mol. The van der Waals surface area contributed by atoms with E-state index in [0.717, 1.165) is 0 Å². The van der Waals surface area contributed by atoms with Crippen molar-refractivity contribution in [3.8, 4) is 0 Å². The first kappa shape index (κ1) is 12.9. The Labute approximate surface area is 94.0 Å². The average Bonchev–Trinajstić information content (AvgIpc) is 2.74. The lowest BCUT2D eigenvalue weighted by Gasteiger charge is -2.25. The number of hydrogen-bond acceptors (Lipinski definition) is 5. The molecule has 2 unspecified atom stereocenters. The Morgan fingerprint density at radius 3 is 2.75 bits per heavy atom. The number of nitrogens with zero attached hydrogens (tertiary/aromatic N) is 1. The summed E-state index contributed by atoms with van der Waals surface area (Å²) in [6, 6.07) is -0.459. The number of hydrogen-bond donors (Lipinski definition) is 3. The summed E-state index contributed by atoms with van der Waals surface area (Å²) >= 11 is 0. The molecule has 92 valence electrons. The number of primary amides is 1. The smallest absolute Gasteiger partial charge is 0.253 e. The number of carbonyl (C=O) groups is 2. The van der Waals surface area contributed by atoms with E-state index in [1.54, 1.807) is 0 Å². The minimum atomic E-state index is -0.459. The summed E-state index contributed by atoms with van der Waals surface area (Å²) in [6.45, 7) is 1.38. The minimum absolute atomic E-state index is 0.190. The highest BCUT2D eigenvalue weighted by atomic mass is 16.5. The van der Waals surface area contributed by atoms with Crippen LogP contribution in [0.15, 0.2) is 0 Å². The van der Waals surface area contributed by atoms with Crippen LogP contribution in [0.2, 0.25) is 0 Å². The molecule has 0 saturated carbocycles. The Morgan fingerprint density at radius 1 is 1.62 bits per heavy atom. The minimum Gasteiger partial charge on any atom is -0.383 e. The number of nitrogens with two attached hydrogens (primary N) is 2. The number of nitrogens with one attached hydrogen (secondary N) is 1. The van der Waals surface area contributed by atoms with Gasteiger partial charge in [0, 0.05) is 13.7 Å². The van der Waals surface area contributed by atoms with Gasteiger partial charge in [-0.2, -0.15) is 0 Å². The predicted octanol–water partition coefficient (Wildman–Crippen LogP) is -2.20. The molecule has 7 heteroatoms. The number of hydrazine groups is 1. The van der Waals surface area contributed by atoms with Gasteiger partial charge in [0.15, 0.2) is 0 Å². The van der Waals surface area contributed by atoms with Crippen LogP contribution in [-0.2, 0) is 14.3 Å². The Hall–Kier alpha value is -1.18. The van der Waals surface area contributed by atoms with Crippen molar-refractivity contribution in [3.63, 3.8) is 0 Å². The summed E-state index contributed by atoms with van der Waals surface area (Å²) in [5, 5.41) is 0. The Balaban J connectivity index is 2.60. The first-order valence-electron chi connectivity index (χ1n) is 5.13. The summed E-state index contributed by atoms with van der Waals surface area (Å²) in [5.41, 5.74) is 7.31. The van der Waals surface area contributed by atoms with E-state index < -0.39 is 6.04 Å². The highest BCUT2D eigenvalue weighted by molar-refractivity contribution is 5.82. The largest absolute Gasteiger partial charge is 0.383 e. The van der Waals surface area contributed by atoms with E-state index in [2.05, 4.69) is 5.43 Å². The van der Waals surface area contributed by atoms with Crippen LogP contribution < -0.4 is 17.0 Å². The lowest BCUT2D eigenvalue weighted by molar-refractivity contribution is -0.128. The van der Waals surface area contributed by atoms with Crippen molar-refractivity contribution in [1.29, 1.82) is 0 Å². The Kier molecular flexibility index (Phi) is 4.66. The summed E-state index contributed by atoms with van der Waals surface area (Å²) in [5.74, 6) is 4.26. The number of rotatable bonds is 5. The maximum absolute atomic E-state index is 11.5. The fourth-order valence-electron chi connectivity index (χ4n) is 1.90. The molecule has 0 aromatic carbocycles. The van der Waals surface area contributed by atoms with E-state index in [9.17, 15) is 9.59 Å². The highest BCUT2D eigenvalue weighted by Crippen LogP contribution is 2.18. The first-order valence-corrected chi connectivity index (χ1v) is 5.13. The molecule has 0 aromatic rings. The van der Waals surface area contributed by atoms with Crippen LogP contribution in [-0.4, -0.2) is 49.6 Å². The molecule has 0 aliphatic carbocycles. The van der Waals surface area contributed by atoms with Gasteiger partial charge < -0.3 is 10.5 Å². The number of carbonyl (C=O) groups excluding carboxylic acids is 2. The molecule has 0 spiro atoms. The molecule has 1 aliphatic heterocycles. The Bertz CT molecular complexity index is 271. The lowest BCUT2D eigenvalue weighted by Crippen LogP contribution is -2.50. The van der Waals surface area contributed by atoms with E-state index in [-0.39, 0.29) is 24.3 Å². The second-order valence-electron chi connectivity index (χ2n) is 3.86. The summed E-state index contributed by atoms with van der Waals surface area (Å²) in [6.07, 6.45) is 0.674. The quantitative estimate of drug-likeness (QED) is 0.282. The van der Waals surface area contributed by atoms with Gasteiger partial charge in [0.2, 0.25) is 5.91 Å². The fraction of sp³-hybridized carbons (Fsp3) is 0.778. The van der Waals surface area contributed by atoms with Crippen molar-refractivity contribution in [2.45, 2.75) is 12.5 Å². The summed E-state index contributed by atoms with van der Waals surface area (Å²) in [7, 11) is 1.51. The van der Waals surface area contributed by atoms with Gasteiger partial charge in [-0.15, -0.1) is 0 Å². The number of likely N-dealkylation sites (tertiary alicyclic amines) is 1. The van der Waals surface area contributed by atoms with E-state index >= 15 is 0 Å². The van der Waals surface area contributed by atoms with Crippen molar-refractivity contribution in [3.05, 3.63) is 0 Å². The Morgan fingerprint density at radius 2 is 2.31 bits per heavy atom. The average molecular weight is 230 g/mol. The van der Waals surface area contributed by atoms with Gasteiger partial charge in [-0.25, -0.2) is 5.84 Å². The van der Waals surface area contributed by atoms with Crippen molar-refractivity contribution < 1.29 is 14.3 Å². The zero-order valence-corrected chi connectivity index (χ0v) is 9.31. The normalized spacial score (nSPS) is 23.0. The van der Waals surface area contributed by atoms with Gasteiger partial charge in [-0.05, 0) is 13.0 Å². The number of ether oxygens (including phenoxy) is 1. The van der Waals surface area contributed by atoms with E-state index in [4.69, 9.17) is 16.3 Å². The van der Waals surface area contributed by atoms with E-state index in [1.807, 2.05) is 4.90 Å². The molecular weight excluding hydrogens is 212 g/mol. The summed E-state index contributed by atoms with van der Waals surface area (Å²) < 4.78 is 4.96. The third kappa shape index (κ3) is 2.91. The predicted molar refractivity (Wildman–Crippen MR) is 56.9 cm³/mol. The van der Waals surface area contributed by atoms with Crippen molar-refractivity contribution in [2.75, 3.05) is 26.8 Å². The molecule has 1 aliphatic rings. The standard InChI is InChI=1S/C9H18N4O3/c1-16-5-7(9(15)12-11)13-3-2-6(4-13)8(10)14/h6-7H,2-5,11H2,1H3,(H2,10,14)(H,12,15). The van der Waals surface area contributed by atoms with Crippen LogP contribution >= 0.6 is 0 Å². The molecule has 1 saturated heterocycles. The van der Waals surface area contributed by atoms with Gasteiger partial charge in [-0.1, -0.05) is 0 Å². The van der Waals surface area contributed by atoms with Gasteiger partial charge in [-0.3, -0.25) is 19.9 Å². The topological polar surface area (TPSA) is 111 Å². The second-order valence-corrected chi connectivity index (χ2v) is 3.86. The van der Waals surface area contributed by atoms with Crippen molar-refractivity contribution >= 4 is 11.8 Å². The van der Waals surface area contributed by atoms with Gasteiger partial charge >= 0.3 is 0 Å². The molecule has 7 nitrogen and oxygen atoms in total. The van der Waals surface area contributed by atoms with Gasteiger partial charge in [0.1, 0.15) is 6.04 Å². The zero-order chi connectivity index (χ0) is 12.1. The van der Waals surface area contributed by atoms with Crippen LogP contribution in [0, 0.1) is 5.92 Å². The van der Waals surface area contributed by atoms with Crippen LogP contribution in [0.5, 0.6) is 0 Å². The third-order valence-electron chi connectivity index (χ3n) is 2.83. The molecule has 2 atom stereocenters. The second kappa shape index (κ2) is 5.78. The molecule has 16 heavy (non-hydrogen) atoms. The van der Waals surface area contributed by atoms with Gasteiger partial charge in [0.05, 0.1) is 12.5 Å². The molecule has 5 N–H and O–H groups in total. The molecular formula is C9H18N4O3. The first-order chi connectivity index (χ1) is 7.60. The van der Waals surface area contributed by atoms with Crippen molar-refractivity contribution in [1.82, 2.24) is 10.3 Å². The molecule has 1 heterocycles. The highest BCUT2D eigenvalue weighted by Gasteiger charge is 2.34. The van der Waals surface area contributed by atoms with Crippen LogP contribution in [0.25, 0.3) is 0 Å². The molecule has 0 bridgehead atoms. The maximum Gasteiger partial charge on any atom is 0.253 e. The van der Waals surface area contributed by atoms with E-state index in [1.165, 1.54) is 7.11 Å². The zero-order valence-electron chi connectivity index (χ0n) is 9.31. The SMILES string of the molecule is COCC(C(=O)NN)N1CCC(C(N)=O)C1. The fourth-order valence-corrected chi connectivity index (χ4v) is 1.90. The molecule has 2 amide bonds. The third-order valence-corrected chi connectivity index (χ3v) is 2.83. The maximum atomic E-state index is 11.5. The van der Waals surface area contributed by atoms with Crippen LogP contribution in [0.3, 0.4) is 0 Å². The molecule has 0 radical (unpaired) electrons. The lowest BCUT2D eigenvalue weighted by atomic mass is 10.1. The van der Waals surface area contributed by atoms with Crippen LogP contribution in [0.4, 0.5) is 0 Å². The van der Waals surface area contributed by atoms with Gasteiger partial charge in [0.25, 0.3) is 5.91 Å². The van der Waals surface area contributed by atoms with E-state index in [0.29, 0.717) is 19.5 Å². The van der Waals surface area contributed by atoms with Crippen molar-refractivity contribution in [2.24, 2.45) is 17.5 Å². The molecule has 1 fully saturated rings. The molecule has 1 rings (SSSR count). The van der Waals surface area contributed by atoms with Crippen LogP contribution in [0.1, 0.15) is 6.42 Å². The summed E-state index contributed by atoms with van der Waals surface area (Å²) in [4.78, 5) is 24.4. The molecule has 0 aromatic heterocycles. The number of amides is 2.